The monoisotopic (exact) mass is 643 g/mol. The second-order valence-corrected chi connectivity index (χ2v) is 13.1. The minimum atomic E-state index is -4.24. The molecule has 0 fully saturated rings. The minimum Gasteiger partial charge on any atom is -0.493 e. The Morgan fingerprint density at radius 2 is 1.33 bits per heavy atom. The van der Waals surface area contributed by atoms with Crippen LogP contribution in [0.4, 0.5) is 5.69 Å². The van der Waals surface area contributed by atoms with Gasteiger partial charge in [-0.25, -0.2) is 8.42 Å². The van der Waals surface area contributed by atoms with Gasteiger partial charge in [-0.05, 0) is 41.3 Å². The summed E-state index contributed by atoms with van der Waals surface area (Å²) in [6.07, 6.45) is 0.241. The third-order valence-corrected chi connectivity index (χ3v) is 9.20. The van der Waals surface area contributed by atoms with Crippen molar-refractivity contribution < 1.29 is 27.5 Å². The number of anilines is 1. The van der Waals surface area contributed by atoms with Gasteiger partial charge in [-0.1, -0.05) is 92.7 Å². The summed E-state index contributed by atoms with van der Waals surface area (Å²) in [6.45, 7) is 3.95. The van der Waals surface area contributed by atoms with E-state index in [9.17, 15) is 18.0 Å². The Hall–Kier alpha value is -4.83. The van der Waals surface area contributed by atoms with Gasteiger partial charge < -0.3 is 19.7 Å². The van der Waals surface area contributed by atoms with E-state index in [1.54, 1.807) is 30.3 Å². The van der Waals surface area contributed by atoms with Gasteiger partial charge in [-0.3, -0.25) is 13.9 Å². The number of methoxy groups -OCH3 is 2. The average Bonchev–Trinajstić information content (AvgIpc) is 3.08. The molecule has 4 rings (SSSR count). The van der Waals surface area contributed by atoms with E-state index >= 15 is 0 Å². The highest BCUT2D eigenvalue weighted by atomic mass is 32.2. The van der Waals surface area contributed by atoms with Gasteiger partial charge in [0, 0.05) is 25.6 Å². The molecule has 4 aromatic rings. The van der Waals surface area contributed by atoms with Crippen LogP contribution in [-0.2, 0) is 32.6 Å². The highest BCUT2D eigenvalue weighted by Crippen LogP contribution is 2.34. The SMILES string of the molecule is COc1ccc(N(CC(=O)N(Cc2ccccc2)C(Cc2ccccc2)C(=O)NCC(C)C)S(=O)(=O)c2ccccc2)cc1OC. The molecule has 4 aromatic carbocycles. The third-order valence-electron chi connectivity index (χ3n) is 7.42. The number of hydrogen-bond acceptors (Lipinski definition) is 6. The number of amides is 2. The molecule has 0 saturated heterocycles. The summed E-state index contributed by atoms with van der Waals surface area (Å²) in [5.41, 5.74) is 1.87. The van der Waals surface area contributed by atoms with E-state index in [4.69, 9.17) is 9.47 Å². The number of rotatable bonds is 15. The van der Waals surface area contributed by atoms with Crippen LogP contribution in [0.2, 0.25) is 0 Å². The van der Waals surface area contributed by atoms with Crippen molar-refractivity contribution in [2.24, 2.45) is 5.92 Å². The number of benzene rings is 4. The van der Waals surface area contributed by atoms with Crippen molar-refractivity contribution in [1.29, 1.82) is 0 Å². The van der Waals surface area contributed by atoms with Crippen molar-refractivity contribution >= 4 is 27.5 Å². The molecule has 46 heavy (non-hydrogen) atoms. The van der Waals surface area contributed by atoms with Gasteiger partial charge in [0.05, 0.1) is 24.8 Å². The maximum absolute atomic E-state index is 14.5. The Labute approximate surface area is 271 Å². The first-order valence-corrected chi connectivity index (χ1v) is 16.5. The highest BCUT2D eigenvalue weighted by molar-refractivity contribution is 7.92. The Bertz CT molecular complexity index is 1680. The lowest BCUT2D eigenvalue weighted by atomic mass is 10.0. The lowest BCUT2D eigenvalue weighted by Gasteiger charge is -2.34. The number of carbonyl (C=O) groups excluding carboxylic acids is 2. The maximum Gasteiger partial charge on any atom is 0.264 e. The molecule has 0 aromatic heterocycles. The Morgan fingerprint density at radius 3 is 1.89 bits per heavy atom. The molecule has 1 unspecified atom stereocenters. The van der Waals surface area contributed by atoms with Gasteiger partial charge in [0.25, 0.3) is 10.0 Å². The minimum absolute atomic E-state index is 0.0164. The zero-order valence-corrected chi connectivity index (χ0v) is 27.4. The molecular weight excluding hydrogens is 602 g/mol. The van der Waals surface area contributed by atoms with Gasteiger partial charge in [-0.15, -0.1) is 0 Å². The quantitative estimate of drug-likeness (QED) is 0.188. The van der Waals surface area contributed by atoms with E-state index in [1.165, 1.54) is 37.3 Å². The molecule has 1 atom stereocenters. The van der Waals surface area contributed by atoms with Crippen LogP contribution in [0.3, 0.4) is 0 Å². The van der Waals surface area contributed by atoms with Crippen LogP contribution in [0.15, 0.2) is 114 Å². The molecule has 0 aliphatic rings. The lowest BCUT2D eigenvalue weighted by Crippen LogP contribution is -2.53. The molecule has 9 nitrogen and oxygen atoms in total. The first kappa shape index (κ1) is 34.1. The van der Waals surface area contributed by atoms with E-state index in [-0.39, 0.29) is 35.4 Å². The highest BCUT2D eigenvalue weighted by Gasteiger charge is 2.35. The van der Waals surface area contributed by atoms with Crippen LogP contribution in [0.1, 0.15) is 25.0 Å². The summed E-state index contributed by atoms with van der Waals surface area (Å²) in [5.74, 6) is 0.0438. The second kappa shape index (κ2) is 15.9. The van der Waals surface area contributed by atoms with Crippen LogP contribution in [0.5, 0.6) is 11.5 Å². The molecule has 0 bridgehead atoms. The molecule has 0 aliphatic carbocycles. The fraction of sp³-hybridized carbons (Fsp3) is 0.278. The summed E-state index contributed by atoms with van der Waals surface area (Å²) in [4.78, 5) is 29.9. The van der Waals surface area contributed by atoms with Crippen LogP contribution in [0, 0.1) is 5.92 Å². The first-order chi connectivity index (χ1) is 22.1. The molecule has 2 amide bonds. The molecule has 1 N–H and O–H groups in total. The molecule has 0 heterocycles. The number of sulfonamides is 1. The Balaban J connectivity index is 1.81. The van der Waals surface area contributed by atoms with Crippen molar-refractivity contribution in [3.63, 3.8) is 0 Å². The van der Waals surface area contributed by atoms with Gasteiger partial charge in [-0.2, -0.15) is 0 Å². The maximum atomic E-state index is 14.5. The molecule has 0 radical (unpaired) electrons. The molecule has 242 valence electrons. The summed E-state index contributed by atoms with van der Waals surface area (Å²) >= 11 is 0. The van der Waals surface area contributed by atoms with Crippen molar-refractivity contribution in [2.45, 2.75) is 37.8 Å². The molecule has 0 spiro atoms. The van der Waals surface area contributed by atoms with E-state index < -0.39 is 28.5 Å². The van der Waals surface area contributed by atoms with E-state index in [0.29, 0.717) is 18.0 Å². The van der Waals surface area contributed by atoms with Gasteiger partial charge in [0.1, 0.15) is 12.6 Å². The largest absolute Gasteiger partial charge is 0.493 e. The number of nitrogens with one attached hydrogen (secondary N) is 1. The average molecular weight is 644 g/mol. The van der Waals surface area contributed by atoms with Crippen LogP contribution in [0.25, 0.3) is 0 Å². The van der Waals surface area contributed by atoms with E-state index in [2.05, 4.69) is 5.32 Å². The zero-order chi connectivity index (χ0) is 33.1. The topological polar surface area (TPSA) is 105 Å². The fourth-order valence-electron chi connectivity index (χ4n) is 4.99. The van der Waals surface area contributed by atoms with Crippen molar-refractivity contribution in [1.82, 2.24) is 10.2 Å². The zero-order valence-electron chi connectivity index (χ0n) is 26.6. The van der Waals surface area contributed by atoms with Crippen LogP contribution >= 0.6 is 0 Å². The summed E-state index contributed by atoms with van der Waals surface area (Å²) in [6, 6.07) is 30.5. The predicted octanol–water partition coefficient (Wildman–Crippen LogP) is 5.31. The number of ether oxygens (including phenoxy) is 2. The normalized spacial score (nSPS) is 11.8. The van der Waals surface area contributed by atoms with E-state index in [0.717, 1.165) is 15.4 Å². The van der Waals surface area contributed by atoms with Crippen molar-refractivity contribution in [2.75, 3.05) is 31.6 Å². The molecule has 0 aliphatic heterocycles. The van der Waals surface area contributed by atoms with Crippen molar-refractivity contribution in [3.8, 4) is 11.5 Å². The third kappa shape index (κ3) is 8.66. The number of nitrogens with zero attached hydrogens (tertiary/aromatic N) is 2. The molecular formula is C36H41N3O6S. The predicted molar refractivity (Wildman–Crippen MR) is 179 cm³/mol. The standard InChI is InChI=1S/C36H41N3O6S/c1-27(2)24-37-36(41)32(22-28-14-8-5-9-15-28)38(25-29-16-10-6-11-17-29)35(40)26-39(46(42,43)31-18-12-7-13-19-31)30-20-21-33(44-3)34(23-30)45-4/h5-21,23,27,32H,22,24-26H2,1-4H3,(H,37,41). The van der Waals surface area contributed by atoms with Gasteiger partial charge in [0.2, 0.25) is 11.8 Å². The summed E-state index contributed by atoms with van der Waals surface area (Å²) < 4.78 is 40.2. The van der Waals surface area contributed by atoms with Gasteiger partial charge in [0.15, 0.2) is 11.5 Å². The van der Waals surface area contributed by atoms with Crippen LogP contribution < -0.4 is 19.1 Å². The Kier molecular flexibility index (Phi) is 11.8. The first-order valence-electron chi connectivity index (χ1n) is 15.1. The van der Waals surface area contributed by atoms with E-state index in [1.807, 2.05) is 74.5 Å². The van der Waals surface area contributed by atoms with Crippen molar-refractivity contribution in [3.05, 3.63) is 120 Å². The molecule has 10 heteroatoms. The second-order valence-electron chi connectivity index (χ2n) is 11.2. The lowest BCUT2D eigenvalue weighted by molar-refractivity contribution is -0.140. The van der Waals surface area contributed by atoms with Crippen LogP contribution in [-0.4, -0.2) is 58.5 Å². The number of carbonyl (C=O) groups is 2. The van der Waals surface area contributed by atoms with Gasteiger partial charge >= 0.3 is 0 Å². The fourth-order valence-corrected chi connectivity index (χ4v) is 6.41. The number of hydrogen-bond donors (Lipinski definition) is 1. The summed E-state index contributed by atoms with van der Waals surface area (Å²) in [5, 5.41) is 3.00. The Morgan fingerprint density at radius 1 is 0.761 bits per heavy atom. The summed E-state index contributed by atoms with van der Waals surface area (Å²) in [7, 11) is -1.30. The molecule has 0 saturated carbocycles. The smallest absolute Gasteiger partial charge is 0.264 e.